The number of nitrogens with zero attached hydrogens (tertiary/aromatic N) is 3. The fourth-order valence-electron chi connectivity index (χ4n) is 6.03. The maximum absolute atomic E-state index is 13.5. The third-order valence-electron chi connectivity index (χ3n) is 8.07. The monoisotopic (exact) mass is 547 g/mol. The highest BCUT2D eigenvalue weighted by molar-refractivity contribution is 5.79. The van der Waals surface area contributed by atoms with Crippen LogP contribution in [-0.4, -0.2) is 109 Å². The number of methoxy groups -OCH3 is 1. The van der Waals surface area contributed by atoms with Crippen LogP contribution in [-0.2, 0) is 14.4 Å². The summed E-state index contributed by atoms with van der Waals surface area (Å²) < 4.78 is 16.6. The molecule has 2 amide bonds. The molecule has 0 bridgehead atoms. The van der Waals surface area contributed by atoms with Crippen molar-refractivity contribution in [1.82, 2.24) is 14.7 Å². The number of hydrogen-bond donors (Lipinski definition) is 2. The third kappa shape index (κ3) is 6.58. The Morgan fingerprint density at radius 2 is 2.00 bits per heavy atom. The van der Waals surface area contributed by atoms with Crippen molar-refractivity contribution in [3.63, 3.8) is 0 Å². The summed E-state index contributed by atoms with van der Waals surface area (Å²) in [6, 6.07) is 3.18. The molecule has 0 spiro atoms. The van der Waals surface area contributed by atoms with E-state index in [4.69, 9.17) is 14.2 Å². The smallest absolute Gasteiger partial charge is 0.308 e. The molecule has 0 radical (unpaired) electrons. The van der Waals surface area contributed by atoms with Crippen molar-refractivity contribution in [3.8, 4) is 17.2 Å². The maximum Gasteiger partial charge on any atom is 0.308 e. The van der Waals surface area contributed by atoms with Crippen molar-refractivity contribution >= 4 is 17.8 Å². The zero-order chi connectivity index (χ0) is 27.9. The van der Waals surface area contributed by atoms with Gasteiger partial charge < -0.3 is 34.2 Å². The van der Waals surface area contributed by atoms with E-state index in [1.165, 1.54) is 7.11 Å². The Kier molecular flexibility index (Phi) is 9.90. The molecule has 2 saturated heterocycles. The normalized spacial score (nSPS) is 22.5. The molecule has 3 aliphatic rings. The predicted molar refractivity (Wildman–Crippen MR) is 142 cm³/mol. The number of unbranched alkanes of at least 4 members (excludes halogenated alkanes) is 1. The number of likely N-dealkylation sites (tertiary alicyclic amines) is 2. The van der Waals surface area contributed by atoms with Gasteiger partial charge in [0.1, 0.15) is 0 Å². The van der Waals surface area contributed by atoms with E-state index in [0.29, 0.717) is 69.2 Å². The number of aliphatic hydroxyl groups excluding tert-OH is 1. The Morgan fingerprint density at radius 3 is 2.67 bits per heavy atom. The number of fused-ring (bicyclic) bond motifs is 1. The molecule has 216 valence electrons. The number of aliphatic hydroxyl groups is 1. The van der Waals surface area contributed by atoms with Crippen LogP contribution in [0.1, 0.15) is 56.9 Å². The van der Waals surface area contributed by atoms with Crippen molar-refractivity contribution in [1.29, 1.82) is 0 Å². The van der Waals surface area contributed by atoms with E-state index in [1.807, 2.05) is 11.0 Å². The van der Waals surface area contributed by atoms with Gasteiger partial charge in [-0.3, -0.25) is 19.3 Å². The van der Waals surface area contributed by atoms with E-state index in [1.54, 1.807) is 15.9 Å². The molecule has 39 heavy (non-hydrogen) atoms. The summed E-state index contributed by atoms with van der Waals surface area (Å²) in [4.78, 5) is 44.1. The average Bonchev–Trinajstić information content (AvgIpc) is 3.65. The number of rotatable bonds is 14. The van der Waals surface area contributed by atoms with Crippen LogP contribution in [0.2, 0.25) is 0 Å². The first-order chi connectivity index (χ1) is 18.9. The van der Waals surface area contributed by atoms with Gasteiger partial charge in [-0.1, -0.05) is 13.3 Å². The van der Waals surface area contributed by atoms with Gasteiger partial charge in [-0.25, -0.2) is 0 Å². The molecule has 0 saturated carbocycles. The lowest BCUT2D eigenvalue weighted by molar-refractivity contribution is -0.144. The largest absolute Gasteiger partial charge is 0.493 e. The number of carboxylic acid groups (broad SMARTS) is 1. The zero-order valence-corrected chi connectivity index (χ0v) is 23.0. The van der Waals surface area contributed by atoms with Gasteiger partial charge in [-0.05, 0) is 43.4 Å². The summed E-state index contributed by atoms with van der Waals surface area (Å²) in [6.45, 7) is 4.77. The first-order valence-electron chi connectivity index (χ1n) is 14.0. The van der Waals surface area contributed by atoms with Crippen LogP contribution in [0.25, 0.3) is 0 Å². The van der Waals surface area contributed by atoms with Crippen molar-refractivity contribution in [2.75, 3.05) is 59.8 Å². The van der Waals surface area contributed by atoms with Gasteiger partial charge >= 0.3 is 5.97 Å². The molecule has 2 fully saturated rings. The lowest BCUT2D eigenvalue weighted by Gasteiger charge is -2.30. The van der Waals surface area contributed by atoms with Crippen LogP contribution >= 0.6 is 0 Å². The number of carbonyl (C=O) groups excluding carboxylic acids is 2. The van der Waals surface area contributed by atoms with Crippen molar-refractivity contribution in [3.05, 3.63) is 17.7 Å². The van der Waals surface area contributed by atoms with Gasteiger partial charge in [-0.15, -0.1) is 0 Å². The average molecular weight is 548 g/mol. The fourth-order valence-corrected chi connectivity index (χ4v) is 6.03. The van der Waals surface area contributed by atoms with E-state index in [9.17, 15) is 24.6 Å². The van der Waals surface area contributed by atoms with Gasteiger partial charge in [0.25, 0.3) is 0 Å². The minimum absolute atomic E-state index is 0.00121. The predicted octanol–water partition coefficient (Wildman–Crippen LogP) is 1.92. The Labute approximate surface area is 229 Å². The number of hydrogen-bond acceptors (Lipinski definition) is 8. The van der Waals surface area contributed by atoms with Gasteiger partial charge in [-0.2, -0.15) is 0 Å². The van der Waals surface area contributed by atoms with Gasteiger partial charge in [0.2, 0.25) is 24.4 Å². The molecule has 3 atom stereocenters. The number of aliphatic carboxylic acids is 1. The molecular formula is C28H41N3O8. The highest BCUT2D eigenvalue weighted by Gasteiger charge is 2.48. The van der Waals surface area contributed by atoms with E-state index in [0.717, 1.165) is 24.8 Å². The van der Waals surface area contributed by atoms with E-state index in [2.05, 4.69) is 6.92 Å². The quantitative estimate of drug-likeness (QED) is 0.359. The topological polar surface area (TPSA) is 129 Å². The fraction of sp³-hybridized carbons (Fsp3) is 0.679. The molecule has 0 aliphatic carbocycles. The molecule has 0 unspecified atom stereocenters. The summed E-state index contributed by atoms with van der Waals surface area (Å²) in [5, 5.41) is 19.8. The third-order valence-corrected chi connectivity index (χ3v) is 8.07. The second-order valence-corrected chi connectivity index (χ2v) is 10.5. The molecule has 11 nitrogen and oxygen atoms in total. The van der Waals surface area contributed by atoms with Crippen LogP contribution in [0.5, 0.6) is 17.2 Å². The molecule has 0 aromatic heterocycles. The second kappa shape index (κ2) is 13.3. The SMILES string of the molecule is CCCCN(CCCO)C(=O)CN1C[C@H](c2cc(OC)c3c(c2)OCO3)[C@H](C(=O)O)[C@H]1CCN1CCCC1=O. The summed E-state index contributed by atoms with van der Waals surface area (Å²) in [6.07, 6.45) is 4.08. The molecule has 4 rings (SSSR count). The Hall–Kier alpha value is -3.05. The minimum atomic E-state index is -0.938. The first kappa shape index (κ1) is 28.9. The van der Waals surface area contributed by atoms with Crippen molar-refractivity contribution in [2.24, 2.45) is 5.92 Å². The van der Waals surface area contributed by atoms with E-state index >= 15 is 0 Å². The summed E-state index contributed by atoms with van der Waals surface area (Å²) in [5.74, 6) is -0.641. The Bertz CT molecular complexity index is 1030. The maximum atomic E-state index is 13.5. The molecule has 11 heteroatoms. The molecule has 3 aliphatic heterocycles. The molecule has 1 aromatic carbocycles. The van der Waals surface area contributed by atoms with Crippen molar-refractivity contribution < 1.29 is 38.8 Å². The summed E-state index contributed by atoms with van der Waals surface area (Å²) >= 11 is 0. The number of carbonyl (C=O) groups is 3. The van der Waals surface area contributed by atoms with Gasteiger partial charge in [0, 0.05) is 57.7 Å². The van der Waals surface area contributed by atoms with Crippen LogP contribution in [0.4, 0.5) is 0 Å². The molecule has 3 heterocycles. The number of amides is 2. The zero-order valence-electron chi connectivity index (χ0n) is 23.0. The lowest BCUT2D eigenvalue weighted by atomic mass is 9.84. The molecule has 2 N–H and O–H groups in total. The van der Waals surface area contributed by atoms with E-state index < -0.39 is 23.8 Å². The Balaban J connectivity index is 1.62. The first-order valence-corrected chi connectivity index (χ1v) is 14.0. The van der Waals surface area contributed by atoms with E-state index in [-0.39, 0.29) is 31.8 Å². The summed E-state index contributed by atoms with van der Waals surface area (Å²) in [5.41, 5.74) is 0.754. The van der Waals surface area contributed by atoms with Gasteiger partial charge in [0.15, 0.2) is 11.5 Å². The Morgan fingerprint density at radius 1 is 1.21 bits per heavy atom. The highest BCUT2D eigenvalue weighted by Crippen LogP contribution is 2.47. The van der Waals surface area contributed by atoms with Crippen LogP contribution < -0.4 is 14.2 Å². The second-order valence-electron chi connectivity index (χ2n) is 10.5. The molecule has 1 aromatic rings. The van der Waals surface area contributed by atoms with Gasteiger partial charge in [0.05, 0.1) is 19.6 Å². The summed E-state index contributed by atoms with van der Waals surface area (Å²) in [7, 11) is 1.53. The van der Waals surface area contributed by atoms with Crippen LogP contribution in [0.3, 0.4) is 0 Å². The van der Waals surface area contributed by atoms with Crippen molar-refractivity contribution in [2.45, 2.75) is 57.4 Å². The highest BCUT2D eigenvalue weighted by atomic mass is 16.7. The number of ether oxygens (including phenoxy) is 3. The number of carboxylic acids is 1. The number of benzene rings is 1. The lowest BCUT2D eigenvalue weighted by Crippen LogP contribution is -2.46. The minimum Gasteiger partial charge on any atom is -0.493 e. The van der Waals surface area contributed by atoms with Crippen LogP contribution in [0.15, 0.2) is 12.1 Å². The van der Waals surface area contributed by atoms with Crippen LogP contribution in [0, 0.1) is 5.92 Å². The standard InChI is InChI=1S/C28H41N3O8/c1-3-4-9-29(11-6-13-32)25(34)17-31-16-20(19-14-22(37-2)27-23(15-19)38-18-39-27)26(28(35)36)21(31)8-12-30-10-5-7-24(30)33/h14-15,20-21,26,32H,3-13,16-18H2,1-2H3,(H,35,36)/t20-,21-,26+/m1/s1. The molecular weight excluding hydrogens is 506 g/mol.